The molecule has 0 amide bonds. The molecule has 0 saturated heterocycles. The number of anilines is 1. The number of nitrogens with zero attached hydrogens (tertiary/aromatic N) is 2. The Morgan fingerprint density at radius 1 is 1.33 bits per heavy atom. The van der Waals surface area contributed by atoms with Crippen LogP contribution >= 0.6 is 0 Å². The fourth-order valence-corrected chi connectivity index (χ4v) is 0.990. The molecule has 7 heteroatoms. The lowest BCUT2D eigenvalue weighted by Crippen LogP contribution is -2.12. The van der Waals surface area contributed by atoms with Gasteiger partial charge in [-0.3, -0.25) is 0 Å². The van der Waals surface area contributed by atoms with Crippen LogP contribution in [0.3, 0.4) is 0 Å². The van der Waals surface area contributed by atoms with Crippen molar-refractivity contribution in [3.05, 3.63) is 17.6 Å². The van der Waals surface area contributed by atoms with Crippen LogP contribution in [0.4, 0.5) is 19.0 Å². The van der Waals surface area contributed by atoms with Crippen LogP contribution in [0.15, 0.2) is 6.20 Å². The van der Waals surface area contributed by atoms with E-state index in [-0.39, 0.29) is 24.6 Å². The first kappa shape index (κ1) is 11.7. The Morgan fingerprint density at radius 2 is 2.00 bits per heavy atom. The largest absolute Gasteiger partial charge is 0.389 e. The van der Waals surface area contributed by atoms with Gasteiger partial charge in [-0.1, -0.05) is 0 Å². The van der Waals surface area contributed by atoms with Crippen LogP contribution in [0, 0.1) is 0 Å². The minimum Gasteiger partial charge on any atom is -0.383 e. The molecule has 1 aromatic rings. The Morgan fingerprint density at radius 3 is 2.47 bits per heavy atom. The van der Waals surface area contributed by atoms with E-state index in [0.717, 1.165) is 0 Å². The summed E-state index contributed by atoms with van der Waals surface area (Å²) in [7, 11) is 0. The molecule has 0 unspecified atom stereocenters. The predicted octanol–water partition coefficient (Wildman–Crippen LogP) is 1.01. The van der Waals surface area contributed by atoms with Crippen LogP contribution in [-0.2, 0) is 13.0 Å². The van der Waals surface area contributed by atoms with Gasteiger partial charge in [-0.05, 0) is 0 Å². The minimum atomic E-state index is -4.20. The van der Waals surface area contributed by atoms with Gasteiger partial charge in [0.15, 0.2) is 0 Å². The molecule has 0 fully saturated rings. The average molecular weight is 220 g/mol. The van der Waals surface area contributed by atoms with E-state index in [4.69, 9.17) is 11.5 Å². The van der Waals surface area contributed by atoms with Gasteiger partial charge in [0, 0.05) is 24.7 Å². The molecule has 0 saturated carbocycles. The molecule has 0 bridgehead atoms. The van der Waals surface area contributed by atoms with E-state index in [1.54, 1.807) is 0 Å². The molecule has 1 aromatic heterocycles. The monoisotopic (exact) mass is 220 g/mol. The van der Waals surface area contributed by atoms with Gasteiger partial charge in [-0.2, -0.15) is 13.2 Å². The number of aromatic nitrogens is 2. The van der Waals surface area contributed by atoms with Crippen LogP contribution in [0.2, 0.25) is 0 Å². The predicted molar refractivity (Wildman–Crippen MR) is 48.7 cm³/mol. The quantitative estimate of drug-likeness (QED) is 0.796. The lowest BCUT2D eigenvalue weighted by Gasteiger charge is -2.06. The molecule has 0 atom stereocenters. The summed E-state index contributed by atoms with van der Waals surface area (Å²) in [6, 6.07) is 0. The van der Waals surface area contributed by atoms with Gasteiger partial charge in [0.05, 0.1) is 6.42 Å². The van der Waals surface area contributed by atoms with Gasteiger partial charge in [0.2, 0.25) is 0 Å². The molecule has 0 aliphatic rings. The van der Waals surface area contributed by atoms with Crippen LogP contribution in [0.1, 0.15) is 17.8 Å². The van der Waals surface area contributed by atoms with E-state index in [0.29, 0.717) is 5.56 Å². The molecule has 84 valence electrons. The highest BCUT2D eigenvalue weighted by molar-refractivity contribution is 5.37. The zero-order valence-electron chi connectivity index (χ0n) is 7.88. The topological polar surface area (TPSA) is 77.8 Å². The van der Waals surface area contributed by atoms with Crippen molar-refractivity contribution in [3.8, 4) is 0 Å². The van der Waals surface area contributed by atoms with Crippen molar-refractivity contribution in [2.45, 2.75) is 25.6 Å². The van der Waals surface area contributed by atoms with Gasteiger partial charge in [0.25, 0.3) is 0 Å². The summed E-state index contributed by atoms with van der Waals surface area (Å²) in [5.74, 6) is 0.228. The van der Waals surface area contributed by atoms with Crippen molar-refractivity contribution in [1.82, 2.24) is 9.97 Å². The van der Waals surface area contributed by atoms with Crippen LogP contribution in [0.5, 0.6) is 0 Å². The summed E-state index contributed by atoms with van der Waals surface area (Å²) in [4.78, 5) is 7.48. The first-order valence-corrected chi connectivity index (χ1v) is 4.29. The Hall–Kier alpha value is -1.37. The maximum absolute atomic E-state index is 11.9. The van der Waals surface area contributed by atoms with E-state index in [9.17, 15) is 13.2 Å². The summed E-state index contributed by atoms with van der Waals surface area (Å²) in [6.45, 7) is 0.172. The van der Waals surface area contributed by atoms with E-state index >= 15 is 0 Å². The summed E-state index contributed by atoms with van der Waals surface area (Å²) in [5.41, 5.74) is 11.3. The number of aryl methyl sites for hydroxylation is 1. The molecule has 0 radical (unpaired) electrons. The van der Waals surface area contributed by atoms with E-state index in [1.807, 2.05) is 0 Å². The summed E-state index contributed by atoms with van der Waals surface area (Å²) < 4.78 is 35.6. The lowest BCUT2D eigenvalue weighted by molar-refractivity contribution is -0.134. The van der Waals surface area contributed by atoms with E-state index < -0.39 is 12.6 Å². The van der Waals surface area contributed by atoms with Crippen molar-refractivity contribution in [2.24, 2.45) is 5.73 Å². The number of halogens is 3. The molecule has 1 heterocycles. The second-order valence-corrected chi connectivity index (χ2v) is 3.02. The minimum absolute atomic E-state index is 0.0852. The van der Waals surface area contributed by atoms with Crippen molar-refractivity contribution < 1.29 is 13.2 Å². The molecule has 0 aliphatic carbocycles. The molecule has 0 aromatic carbocycles. The molecule has 4 N–H and O–H groups in total. The van der Waals surface area contributed by atoms with Crippen LogP contribution < -0.4 is 11.5 Å². The van der Waals surface area contributed by atoms with Crippen molar-refractivity contribution in [1.29, 1.82) is 0 Å². The molecule has 0 spiro atoms. The third-order valence-corrected chi connectivity index (χ3v) is 1.80. The third-order valence-electron chi connectivity index (χ3n) is 1.80. The molecule has 15 heavy (non-hydrogen) atoms. The second-order valence-electron chi connectivity index (χ2n) is 3.02. The van der Waals surface area contributed by atoms with Crippen molar-refractivity contribution in [2.75, 3.05) is 5.73 Å². The zero-order valence-corrected chi connectivity index (χ0v) is 7.88. The third kappa shape index (κ3) is 3.70. The Balaban J connectivity index is 2.68. The molecule has 1 rings (SSSR count). The zero-order chi connectivity index (χ0) is 11.5. The highest BCUT2D eigenvalue weighted by Crippen LogP contribution is 2.21. The van der Waals surface area contributed by atoms with Gasteiger partial charge >= 0.3 is 6.18 Å². The lowest BCUT2D eigenvalue weighted by atomic mass is 10.2. The number of rotatable bonds is 3. The number of hydrogen-bond donors (Lipinski definition) is 2. The fraction of sp³-hybridized carbons (Fsp3) is 0.500. The van der Waals surface area contributed by atoms with E-state index in [1.165, 1.54) is 6.20 Å². The number of nitrogen functional groups attached to an aromatic ring is 1. The Kier molecular flexibility index (Phi) is 3.46. The highest BCUT2D eigenvalue weighted by atomic mass is 19.4. The normalized spacial score (nSPS) is 11.7. The standard InChI is InChI=1S/C8H11F3N4/c9-8(10,11)2-1-6-14-4-5(3-12)7(13)15-6/h4H,1-3,12H2,(H2,13,14,15). The van der Waals surface area contributed by atoms with Crippen LogP contribution in [0.25, 0.3) is 0 Å². The van der Waals surface area contributed by atoms with E-state index in [2.05, 4.69) is 9.97 Å². The van der Waals surface area contributed by atoms with Gasteiger partial charge in [-0.15, -0.1) is 0 Å². The Bertz CT molecular complexity index is 337. The summed E-state index contributed by atoms with van der Waals surface area (Å²) in [6.07, 6.45) is -4.06. The van der Waals surface area contributed by atoms with Gasteiger partial charge in [0.1, 0.15) is 11.6 Å². The number of nitrogens with two attached hydrogens (primary N) is 2. The average Bonchev–Trinajstić information content (AvgIpc) is 2.14. The molecular formula is C8H11F3N4. The molecule has 4 nitrogen and oxygen atoms in total. The maximum atomic E-state index is 11.9. The first-order valence-electron chi connectivity index (χ1n) is 4.29. The second kappa shape index (κ2) is 4.43. The summed E-state index contributed by atoms with van der Waals surface area (Å²) in [5, 5.41) is 0. The highest BCUT2D eigenvalue weighted by Gasteiger charge is 2.27. The molecular weight excluding hydrogens is 209 g/mol. The number of alkyl halides is 3. The molecule has 0 aliphatic heterocycles. The smallest absolute Gasteiger partial charge is 0.383 e. The fourth-order valence-electron chi connectivity index (χ4n) is 0.990. The summed E-state index contributed by atoms with van der Waals surface area (Å²) >= 11 is 0. The Labute approximate surface area is 84.5 Å². The van der Waals surface area contributed by atoms with Crippen molar-refractivity contribution >= 4 is 5.82 Å². The van der Waals surface area contributed by atoms with Gasteiger partial charge in [-0.25, -0.2) is 9.97 Å². The number of hydrogen-bond acceptors (Lipinski definition) is 4. The first-order chi connectivity index (χ1) is 6.92. The SMILES string of the molecule is NCc1cnc(CCC(F)(F)F)nc1N. The maximum Gasteiger partial charge on any atom is 0.389 e. The van der Waals surface area contributed by atoms with Gasteiger partial charge < -0.3 is 11.5 Å². The van der Waals surface area contributed by atoms with Crippen LogP contribution in [-0.4, -0.2) is 16.1 Å². The van der Waals surface area contributed by atoms with Crippen molar-refractivity contribution in [3.63, 3.8) is 0 Å².